The van der Waals surface area contributed by atoms with Gasteiger partial charge in [-0.15, -0.1) is 0 Å². The van der Waals surface area contributed by atoms with Crippen LogP contribution < -0.4 is 26.2 Å². The molecule has 4 aromatic heterocycles. The molecule has 0 saturated carbocycles. The molecular weight excluding hydrogens is 1460 g/mol. The lowest BCUT2D eigenvalue weighted by molar-refractivity contribution is 0.590. The summed E-state index contributed by atoms with van der Waals surface area (Å²) in [5, 5.41) is -1.10. The predicted octanol–water partition coefficient (Wildman–Crippen LogP) is 28.7. The van der Waals surface area contributed by atoms with Crippen LogP contribution in [-0.2, 0) is 16.2 Å². The molecule has 0 radical (unpaired) electrons. The molecule has 21 aromatic rings. The molecule has 121 heavy (non-hydrogen) atoms. The van der Waals surface area contributed by atoms with Crippen molar-refractivity contribution in [3.05, 3.63) is 392 Å². The number of hydrogen-bond donors (Lipinski definition) is 0. The Labute approximate surface area is 751 Å². The zero-order valence-corrected chi connectivity index (χ0v) is 67.1. The van der Waals surface area contributed by atoms with Crippen LogP contribution in [0.3, 0.4) is 0 Å². The first-order valence-electron chi connectivity index (χ1n) is 56.0. The molecule has 0 amide bonds. The Bertz CT molecular complexity index is 9060. The predicted molar refractivity (Wildman–Crippen MR) is 516 cm³/mol. The van der Waals surface area contributed by atoms with Crippen LogP contribution in [0.2, 0.25) is 0 Å². The van der Waals surface area contributed by atoms with Crippen molar-refractivity contribution in [3.63, 3.8) is 0 Å². The average Bonchev–Trinajstić information content (AvgIpc) is 1.64. The van der Waals surface area contributed by atoms with E-state index in [2.05, 4.69) is 96.4 Å². The molecule has 2 aliphatic rings. The summed E-state index contributed by atoms with van der Waals surface area (Å²) in [4.78, 5) is 4.28. The molecule has 6 heterocycles. The second kappa shape index (κ2) is 27.1. The highest BCUT2D eigenvalue weighted by atomic mass is 15.2. The highest BCUT2D eigenvalue weighted by Gasteiger charge is 2.46. The average molecular weight is 1590 g/mol. The fourth-order valence-corrected chi connectivity index (χ4v) is 18.2. The van der Waals surface area contributed by atoms with E-state index in [-0.39, 0.29) is 98.6 Å². The molecule has 0 N–H and O–H groups in total. The van der Waals surface area contributed by atoms with Gasteiger partial charge in [-0.1, -0.05) is 317 Å². The van der Waals surface area contributed by atoms with Crippen molar-refractivity contribution in [2.24, 2.45) is 0 Å². The largest absolute Gasteiger partial charge is 0.311 e. The van der Waals surface area contributed by atoms with E-state index >= 15 is 0 Å². The fourth-order valence-electron chi connectivity index (χ4n) is 18.2. The van der Waals surface area contributed by atoms with Gasteiger partial charge in [0.1, 0.15) is 0 Å². The minimum atomic E-state index is -0.940. The van der Waals surface area contributed by atoms with Gasteiger partial charge in [-0.2, -0.15) is 0 Å². The van der Waals surface area contributed by atoms with E-state index in [1.54, 1.807) is 48.5 Å². The maximum absolute atomic E-state index is 9.94. The van der Waals surface area contributed by atoms with Crippen LogP contribution >= 0.6 is 0 Å². The van der Waals surface area contributed by atoms with E-state index in [9.17, 15) is 27.4 Å². The van der Waals surface area contributed by atoms with Crippen LogP contribution in [0.15, 0.2) is 375 Å². The van der Waals surface area contributed by atoms with Gasteiger partial charge in [-0.3, -0.25) is 0 Å². The Balaban J connectivity index is 0.824. The highest BCUT2D eigenvalue weighted by Crippen LogP contribution is 2.53. The van der Waals surface area contributed by atoms with E-state index in [1.807, 2.05) is 109 Å². The van der Waals surface area contributed by atoms with E-state index < -0.39 is 216 Å². The molecule has 0 unspecified atom stereocenters. The topological polar surface area (TPSA) is 26.2 Å². The first-order valence-corrected chi connectivity index (χ1v) is 40.0. The summed E-state index contributed by atoms with van der Waals surface area (Å²) in [6.07, 6.45) is 0. The van der Waals surface area contributed by atoms with Crippen molar-refractivity contribution < 1.29 is 43.9 Å². The van der Waals surface area contributed by atoms with Gasteiger partial charge >= 0.3 is 0 Å². The summed E-state index contributed by atoms with van der Waals surface area (Å²) in [7, 11) is 0. The minimum Gasteiger partial charge on any atom is -0.311 e. The summed E-state index contributed by atoms with van der Waals surface area (Å²) in [6.45, 7) is 17.7. The number of benzene rings is 17. The molecule has 23 rings (SSSR count). The molecule has 0 atom stereocenters. The second-order valence-electron chi connectivity index (χ2n) is 34.1. The number of rotatable bonds is 10. The van der Waals surface area contributed by atoms with E-state index in [0.29, 0.717) is 106 Å². The first kappa shape index (κ1) is 46.1. The quantitative estimate of drug-likeness (QED) is 0.128. The number of hydrogen-bond acceptors (Lipinski definition) is 2. The third-order valence-electron chi connectivity index (χ3n) is 24.1. The number of nitrogens with zero attached hydrogens (tertiary/aromatic N) is 6. The normalized spacial score (nSPS) is 16.7. The van der Waals surface area contributed by atoms with Crippen LogP contribution in [0.5, 0.6) is 0 Å². The summed E-state index contributed by atoms with van der Waals surface area (Å²) < 4.78 is 305. The lowest BCUT2D eigenvalue weighted by atomic mass is 9.33. The highest BCUT2D eigenvalue weighted by molar-refractivity contribution is 7.00. The van der Waals surface area contributed by atoms with Crippen LogP contribution in [0.25, 0.3) is 154 Å². The molecule has 0 aliphatic carbocycles. The van der Waals surface area contributed by atoms with E-state index in [0.717, 1.165) is 16.7 Å². The molecule has 17 aromatic carbocycles. The second-order valence-corrected chi connectivity index (χ2v) is 34.1. The number of aromatic nitrogens is 4. The fraction of sp³-hybridized carbons (Fsp3) is 0.105. The molecule has 578 valence electrons. The van der Waals surface area contributed by atoms with Crippen LogP contribution in [0, 0.1) is 0 Å². The Hall–Kier alpha value is -14.4. The molecule has 0 spiro atoms. The number of para-hydroxylation sites is 10. The van der Waals surface area contributed by atoms with Gasteiger partial charge in [0.15, 0.2) is 0 Å². The molecule has 0 bridgehead atoms. The van der Waals surface area contributed by atoms with Crippen molar-refractivity contribution in [1.82, 2.24) is 18.3 Å². The maximum atomic E-state index is 9.94. The SMILES string of the molecule is [2H]c1c([2H])c([2H])c2c(c1[2H])c1c([2H])c([2H])c([2H])c([2H])c1n2-c1ccc2c(c1)N(c1ccc(C(C)(C)C)cc1-c1ccc(-c3ccccc3-n3c4c([2H])c([2H])c([2H])c([2H])c4c4c([2H])c([2H])c([2H])c([2H])c43)cc1)c1cc(C(C)(C)C)cc3c1B2c1ccc(-n2c4c([2H])c([2H])c([2H])c([2H])c4c4c([2H])c([2H])c([2H])c([2H])c42)cc1N3c1ccc(C(C)(C)C)cc1-c1ccc(-c2ccccc2-n2c3c([2H])c([2H])c([2H])c([2H])c3c3c([2H])c([2H])c([2H])c([2H])c32)cc1. The Morgan fingerprint density at radius 2 is 0.496 bits per heavy atom. The zero-order chi connectivity index (χ0) is 109. The van der Waals surface area contributed by atoms with Crippen molar-refractivity contribution in [3.8, 4) is 67.3 Å². The monoisotopic (exact) mass is 1580 g/mol. The maximum Gasteiger partial charge on any atom is 0.252 e. The van der Waals surface area contributed by atoms with Crippen molar-refractivity contribution in [1.29, 1.82) is 0 Å². The minimum absolute atomic E-state index is 0.0781. The summed E-state index contributed by atoms with van der Waals surface area (Å²) in [6, 6.07) is 38.6. The number of fused-ring (bicyclic) bond motifs is 16. The first-order chi connectivity index (χ1) is 72.2. The van der Waals surface area contributed by atoms with Gasteiger partial charge in [0.2, 0.25) is 0 Å². The van der Waals surface area contributed by atoms with Gasteiger partial charge in [-0.25, -0.2) is 0 Å². The molecule has 2 aliphatic heterocycles. The summed E-state index contributed by atoms with van der Waals surface area (Å²) in [5.74, 6) is 0. The standard InChI is InChI=1S/C114H89BN6/c1-112(2,3)76-58-64-105(91(66-76)74-54-50-72(51-55-74)81-30-10-20-40-95(81)118-101-46-26-16-36-87(101)88-37-17-27-47-102(88)118)120-107-70-79(116-97-42-22-12-32-83(97)84-33-13-23-43-98(84)116)60-62-93(107)115-94-63-61-80(117-99-44-24-14-34-85(99)86-35-15-25-45-100(86)117)71-108(94)121(110-69-78(114(7,8)9)68-109(120)111(110)115)106-65-59-77(113(4,5)6)67-92(106)75-56-52-73(53-57-75)82-31-11-21-41-96(82)119-103-48-28-18-38-89(103)90-39-19-29-49-104(90)119/h10-71H,1-9H3/i12D,13D,14D,15D,16D,17D,18D,19D,22D,23D,24D,25D,26D,27D,28D,29D,32D,33D,34D,35D,36D,37D,38D,39D,42D,43D,44D,45D,46D,47D,48D,49D. The molecule has 6 nitrogen and oxygen atoms in total. The lowest BCUT2D eigenvalue weighted by Crippen LogP contribution is -2.61. The Morgan fingerprint density at radius 3 is 0.793 bits per heavy atom. The van der Waals surface area contributed by atoms with Crippen molar-refractivity contribution in [2.45, 2.75) is 78.6 Å². The zero-order valence-electron chi connectivity index (χ0n) is 99.1. The van der Waals surface area contributed by atoms with Crippen LogP contribution in [0.1, 0.15) is 123 Å². The molecule has 0 saturated heterocycles. The van der Waals surface area contributed by atoms with E-state index in [1.165, 1.54) is 18.3 Å². The summed E-state index contributed by atoms with van der Waals surface area (Å²) in [5.41, 5.74) is 10.1. The molecule has 7 heteroatoms. The van der Waals surface area contributed by atoms with Crippen molar-refractivity contribution >= 4 is 144 Å². The number of anilines is 6. The van der Waals surface area contributed by atoms with E-state index in [4.69, 9.17) is 16.4 Å². The van der Waals surface area contributed by atoms with Gasteiger partial charge in [0, 0.05) is 99.5 Å². The lowest BCUT2D eigenvalue weighted by Gasteiger charge is -2.46. The third kappa shape index (κ3) is 11.2. The summed E-state index contributed by atoms with van der Waals surface area (Å²) >= 11 is 0. The molecular formula is C114H89BN6. The Morgan fingerprint density at radius 1 is 0.223 bits per heavy atom. The van der Waals surface area contributed by atoms with Gasteiger partial charge < -0.3 is 28.1 Å². The smallest absolute Gasteiger partial charge is 0.252 e. The van der Waals surface area contributed by atoms with Crippen LogP contribution in [-0.4, -0.2) is 25.0 Å². The van der Waals surface area contributed by atoms with Crippen molar-refractivity contribution in [2.75, 3.05) is 9.80 Å². The van der Waals surface area contributed by atoms with Crippen LogP contribution in [0.4, 0.5) is 34.1 Å². The molecule has 0 fully saturated rings. The Kier molecular flexibility index (Phi) is 10.3. The van der Waals surface area contributed by atoms with Gasteiger partial charge in [-0.05, 0) is 193 Å². The third-order valence-corrected chi connectivity index (χ3v) is 24.1. The van der Waals surface area contributed by atoms with Gasteiger partial charge in [0.25, 0.3) is 6.71 Å². The van der Waals surface area contributed by atoms with Gasteiger partial charge in [0.05, 0.1) is 111 Å².